The zero-order chi connectivity index (χ0) is 22.0. The maximum atomic E-state index is 15.9. The van der Waals surface area contributed by atoms with Crippen LogP contribution in [0, 0.1) is 0 Å². The van der Waals surface area contributed by atoms with Crippen LogP contribution >= 0.6 is 11.3 Å². The smallest absolute Gasteiger partial charge is 0.329 e. The number of thiophene rings is 1. The molecule has 4 unspecified atom stereocenters. The van der Waals surface area contributed by atoms with E-state index in [1.807, 2.05) is 6.92 Å². The molecule has 4 atom stereocenters. The third-order valence-corrected chi connectivity index (χ3v) is 8.31. The zero-order valence-electron chi connectivity index (χ0n) is 18.0. The van der Waals surface area contributed by atoms with Crippen molar-refractivity contribution in [3.05, 3.63) is 52.8 Å². The molecule has 3 aliphatic carbocycles. The Hall–Kier alpha value is -2.19. The number of nitrogens with zero attached hydrogens (tertiary/aromatic N) is 1. The molecular formula is C23H28FN3O3S. The molecule has 0 saturated heterocycles. The minimum atomic E-state index is -1.40. The second kappa shape index (κ2) is 7.45. The Bertz CT molecular complexity index is 1280. The molecule has 31 heavy (non-hydrogen) atoms. The fourth-order valence-corrected chi connectivity index (χ4v) is 6.71. The summed E-state index contributed by atoms with van der Waals surface area (Å²) in [6.45, 7) is 3.68. The number of aromatic amines is 1. The van der Waals surface area contributed by atoms with Crippen LogP contribution in [0.2, 0.25) is 0 Å². The van der Waals surface area contributed by atoms with E-state index in [9.17, 15) is 9.59 Å². The average molecular weight is 446 g/mol. The van der Waals surface area contributed by atoms with Crippen molar-refractivity contribution in [3.8, 4) is 0 Å². The van der Waals surface area contributed by atoms with Crippen LogP contribution in [-0.4, -0.2) is 28.9 Å². The number of alkyl halides is 1. The van der Waals surface area contributed by atoms with Crippen molar-refractivity contribution >= 4 is 22.7 Å². The number of hydrogen-bond acceptors (Lipinski definition) is 5. The van der Waals surface area contributed by atoms with Crippen molar-refractivity contribution < 1.29 is 9.13 Å². The highest BCUT2D eigenvalue weighted by atomic mass is 32.1. The van der Waals surface area contributed by atoms with E-state index in [1.54, 1.807) is 22.8 Å². The lowest BCUT2D eigenvalue weighted by atomic mass is 9.82. The number of H-pyrrole nitrogens is 1. The highest BCUT2D eigenvalue weighted by molar-refractivity contribution is 7.12. The van der Waals surface area contributed by atoms with Crippen LogP contribution in [-0.2, 0) is 11.2 Å². The molecule has 1 saturated carbocycles. The predicted molar refractivity (Wildman–Crippen MR) is 120 cm³/mol. The summed E-state index contributed by atoms with van der Waals surface area (Å²) in [7, 11) is 1.50. The number of aromatic nitrogens is 2. The molecule has 0 bridgehead atoms. The van der Waals surface area contributed by atoms with Gasteiger partial charge in [0.1, 0.15) is 11.9 Å². The van der Waals surface area contributed by atoms with E-state index in [0.717, 1.165) is 37.0 Å². The number of halogens is 1. The summed E-state index contributed by atoms with van der Waals surface area (Å²) in [6, 6.07) is 2.15. The molecule has 0 aliphatic heterocycles. The second-order valence-electron chi connectivity index (χ2n) is 9.10. The maximum absolute atomic E-state index is 15.9. The first-order valence-electron chi connectivity index (χ1n) is 11.0. The normalized spacial score (nSPS) is 26.4. The van der Waals surface area contributed by atoms with Gasteiger partial charge in [0.2, 0.25) is 0 Å². The first-order chi connectivity index (χ1) is 14.8. The van der Waals surface area contributed by atoms with E-state index in [-0.39, 0.29) is 23.2 Å². The Balaban J connectivity index is 1.79. The van der Waals surface area contributed by atoms with E-state index in [0.29, 0.717) is 16.7 Å². The highest BCUT2D eigenvalue weighted by Crippen LogP contribution is 2.45. The van der Waals surface area contributed by atoms with Crippen LogP contribution in [0.1, 0.15) is 72.7 Å². The van der Waals surface area contributed by atoms with Crippen LogP contribution < -0.4 is 27.6 Å². The molecule has 2 aromatic rings. The molecule has 0 spiro atoms. The van der Waals surface area contributed by atoms with Crippen molar-refractivity contribution in [2.45, 2.75) is 76.0 Å². The quantitative estimate of drug-likeness (QED) is 0.751. The number of rotatable bonds is 4. The van der Waals surface area contributed by atoms with Gasteiger partial charge in [0.15, 0.2) is 0 Å². The van der Waals surface area contributed by atoms with Gasteiger partial charge in [-0.05, 0) is 69.1 Å². The van der Waals surface area contributed by atoms with E-state index < -0.39 is 23.3 Å². The number of hydrogen-bond donors (Lipinski definition) is 2. The third-order valence-electron chi connectivity index (χ3n) is 7.01. The van der Waals surface area contributed by atoms with Crippen LogP contribution in [0.3, 0.4) is 0 Å². The topological polar surface area (TPSA) is 90.1 Å². The van der Waals surface area contributed by atoms with Gasteiger partial charge in [-0.15, -0.1) is 11.3 Å². The minimum absolute atomic E-state index is 0.0203. The minimum Gasteiger partial charge on any atom is -0.498 e. The summed E-state index contributed by atoms with van der Waals surface area (Å²) >= 11 is 1.62. The van der Waals surface area contributed by atoms with Crippen LogP contribution in [0.4, 0.5) is 4.39 Å². The SMILES string of the molecule is COC1=c2c(c(=O)[nH]c(=O)n2C2CC2)=C(C)C(F)C1c1cc2c(s1)CCCC2C(C)N. The van der Waals surface area contributed by atoms with Gasteiger partial charge in [-0.25, -0.2) is 9.18 Å². The Kier molecular flexibility index (Phi) is 4.97. The number of methoxy groups -OCH3 is 1. The molecule has 3 N–H and O–H groups in total. The van der Waals surface area contributed by atoms with E-state index in [1.165, 1.54) is 17.6 Å². The molecule has 2 aromatic heterocycles. The summed E-state index contributed by atoms with van der Waals surface area (Å²) in [4.78, 5) is 29.9. The fraction of sp³-hybridized carbons (Fsp3) is 0.565. The van der Waals surface area contributed by atoms with Crippen LogP contribution in [0.15, 0.2) is 15.7 Å². The average Bonchev–Trinajstić information content (AvgIpc) is 3.46. The van der Waals surface area contributed by atoms with Gasteiger partial charge in [-0.3, -0.25) is 14.3 Å². The first kappa shape index (κ1) is 20.7. The molecular weight excluding hydrogens is 417 g/mol. The Morgan fingerprint density at radius 1 is 1.32 bits per heavy atom. The van der Waals surface area contributed by atoms with Crippen molar-refractivity contribution in [2.75, 3.05) is 7.11 Å². The summed E-state index contributed by atoms with van der Waals surface area (Å²) in [5, 5.41) is 0.687. The molecule has 0 amide bonds. The van der Waals surface area contributed by atoms with Gasteiger partial charge in [0.05, 0.1) is 23.6 Å². The summed E-state index contributed by atoms with van der Waals surface area (Å²) in [5.74, 6) is -0.0292. The molecule has 0 radical (unpaired) electrons. The molecule has 8 heteroatoms. The first-order valence-corrected chi connectivity index (χ1v) is 11.8. The number of aryl methyl sites for hydroxylation is 1. The lowest BCUT2D eigenvalue weighted by molar-refractivity contribution is 0.287. The number of nitrogens with two attached hydrogens (primary N) is 1. The van der Waals surface area contributed by atoms with Gasteiger partial charge in [-0.2, -0.15) is 0 Å². The lowest BCUT2D eigenvalue weighted by Crippen LogP contribution is -2.58. The van der Waals surface area contributed by atoms with Crippen LogP contribution in [0.5, 0.6) is 0 Å². The largest absolute Gasteiger partial charge is 0.498 e. The maximum Gasteiger partial charge on any atom is 0.329 e. The fourth-order valence-electron chi connectivity index (χ4n) is 5.31. The van der Waals surface area contributed by atoms with E-state index in [2.05, 4.69) is 11.1 Å². The third kappa shape index (κ3) is 3.14. The molecule has 1 fully saturated rings. The summed E-state index contributed by atoms with van der Waals surface area (Å²) in [6.07, 6.45) is 3.41. The molecule has 5 rings (SSSR count). The number of nitrogens with one attached hydrogen (secondary N) is 1. The van der Waals surface area contributed by atoms with Crippen molar-refractivity contribution in [3.63, 3.8) is 0 Å². The van der Waals surface area contributed by atoms with Crippen molar-refractivity contribution in [2.24, 2.45) is 5.73 Å². The molecule has 166 valence electrons. The van der Waals surface area contributed by atoms with Gasteiger partial charge in [0, 0.05) is 21.8 Å². The molecule has 6 nitrogen and oxygen atoms in total. The van der Waals surface area contributed by atoms with Gasteiger partial charge < -0.3 is 10.5 Å². The predicted octanol–water partition coefficient (Wildman–Crippen LogP) is 1.76. The monoisotopic (exact) mass is 445 g/mol. The number of fused-ring (bicyclic) bond motifs is 2. The van der Waals surface area contributed by atoms with Crippen molar-refractivity contribution in [1.82, 2.24) is 9.55 Å². The van der Waals surface area contributed by atoms with Crippen molar-refractivity contribution in [1.29, 1.82) is 0 Å². The highest BCUT2D eigenvalue weighted by Gasteiger charge is 2.39. The standard InChI is InChI=1S/C23H28FN3O3S/c1-10-17-20(27(12-7-8-12)23(29)26-22(17)28)21(30-3)18(19(10)24)16-9-14-13(11(2)25)5-4-6-15(14)31-16/h9,11-13,18-19H,4-8,25H2,1-3H3,(H,26,28,29). The molecule has 3 aliphatic rings. The summed E-state index contributed by atoms with van der Waals surface area (Å²) < 4.78 is 23.3. The van der Waals surface area contributed by atoms with Gasteiger partial charge in [-0.1, -0.05) is 0 Å². The molecule has 2 heterocycles. The summed E-state index contributed by atoms with van der Waals surface area (Å²) in [5.41, 5.74) is 6.82. The number of ether oxygens (including phenoxy) is 1. The van der Waals surface area contributed by atoms with Gasteiger partial charge >= 0.3 is 5.69 Å². The zero-order valence-corrected chi connectivity index (χ0v) is 18.9. The van der Waals surface area contributed by atoms with Crippen LogP contribution in [0.25, 0.3) is 11.3 Å². The van der Waals surface area contributed by atoms with Gasteiger partial charge in [0.25, 0.3) is 5.56 Å². The Labute approximate surface area is 183 Å². The van der Waals surface area contributed by atoms with E-state index in [4.69, 9.17) is 10.5 Å². The lowest BCUT2D eigenvalue weighted by Gasteiger charge is -2.27. The molecule has 0 aromatic carbocycles. The second-order valence-corrected chi connectivity index (χ2v) is 10.3. The Morgan fingerprint density at radius 3 is 2.71 bits per heavy atom. The Morgan fingerprint density at radius 2 is 2.06 bits per heavy atom. The van der Waals surface area contributed by atoms with E-state index >= 15 is 4.39 Å².